The highest BCUT2D eigenvalue weighted by molar-refractivity contribution is 8.18. The Balaban J connectivity index is 1.54. The Morgan fingerprint density at radius 1 is 1.04 bits per heavy atom. The molecule has 2 fully saturated rings. The largest absolute Gasteiger partial charge is 0.341 e. The Morgan fingerprint density at radius 2 is 1.78 bits per heavy atom. The van der Waals surface area contributed by atoms with E-state index in [1.54, 1.807) is 11.0 Å². The molecule has 0 unspecified atom stereocenters. The lowest BCUT2D eigenvalue weighted by atomic mass is 10.3. The predicted octanol–water partition coefficient (Wildman–Crippen LogP) is 3.14. The van der Waals surface area contributed by atoms with Crippen molar-refractivity contribution >= 4 is 34.9 Å². The monoisotopic (exact) mass is 381 g/mol. The molecule has 2 saturated heterocycles. The molecule has 0 saturated carbocycles. The summed E-state index contributed by atoms with van der Waals surface area (Å²) >= 11 is 0.883. The second kappa shape index (κ2) is 7.44. The van der Waals surface area contributed by atoms with Crippen LogP contribution in [0.2, 0.25) is 0 Å². The number of carbonyl (C=O) groups is 3. The highest BCUT2D eigenvalue weighted by Gasteiger charge is 2.37. The number of rotatable bonds is 4. The minimum absolute atomic E-state index is 0.163. The molecule has 2 aromatic rings. The van der Waals surface area contributed by atoms with Crippen LogP contribution in [0.4, 0.5) is 4.79 Å². The molecule has 0 N–H and O–H groups in total. The van der Waals surface area contributed by atoms with E-state index >= 15 is 0 Å². The summed E-state index contributed by atoms with van der Waals surface area (Å²) in [5.74, 6) is -0.568. The molecule has 0 atom stereocenters. The number of para-hydroxylation sites is 1. The van der Waals surface area contributed by atoms with Crippen LogP contribution in [0.5, 0.6) is 0 Å². The second-order valence-corrected chi connectivity index (χ2v) is 7.49. The van der Waals surface area contributed by atoms with Crippen molar-refractivity contribution in [3.8, 4) is 5.69 Å². The molecule has 2 aliphatic heterocycles. The van der Waals surface area contributed by atoms with Crippen molar-refractivity contribution in [1.29, 1.82) is 0 Å². The van der Waals surface area contributed by atoms with E-state index in [4.69, 9.17) is 0 Å². The molecule has 138 valence electrons. The van der Waals surface area contributed by atoms with Gasteiger partial charge in [-0.3, -0.25) is 19.3 Å². The van der Waals surface area contributed by atoms with Crippen LogP contribution in [0.3, 0.4) is 0 Å². The van der Waals surface area contributed by atoms with Crippen molar-refractivity contribution in [3.05, 3.63) is 59.3 Å². The van der Waals surface area contributed by atoms with E-state index in [1.165, 1.54) is 0 Å². The topological polar surface area (TPSA) is 62.6 Å². The number of carbonyl (C=O) groups excluding carboxylic acids is 3. The highest BCUT2D eigenvalue weighted by atomic mass is 32.2. The Bertz CT molecular complexity index is 914. The zero-order chi connectivity index (χ0) is 18.8. The molecule has 0 spiro atoms. The third-order valence-corrected chi connectivity index (χ3v) is 5.63. The van der Waals surface area contributed by atoms with Gasteiger partial charge < -0.3 is 9.47 Å². The normalized spacial score (nSPS) is 18.7. The van der Waals surface area contributed by atoms with Crippen LogP contribution in [-0.2, 0) is 9.59 Å². The van der Waals surface area contributed by atoms with Crippen LogP contribution in [0.15, 0.2) is 53.6 Å². The van der Waals surface area contributed by atoms with Gasteiger partial charge in [-0.2, -0.15) is 0 Å². The number of nitrogens with zero attached hydrogens (tertiary/aromatic N) is 3. The molecular weight excluding hydrogens is 362 g/mol. The van der Waals surface area contributed by atoms with E-state index in [0.717, 1.165) is 40.9 Å². The summed E-state index contributed by atoms with van der Waals surface area (Å²) in [4.78, 5) is 40.4. The van der Waals surface area contributed by atoms with E-state index in [-0.39, 0.29) is 12.5 Å². The van der Waals surface area contributed by atoms with Crippen molar-refractivity contribution in [3.63, 3.8) is 0 Å². The van der Waals surface area contributed by atoms with Gasteiger partial charge in [0.05, 0.1) is 4.91 Å². The van der Waals surface area contributed by atoms with Gasteiger partial charge in [-0.25, -0.2) is 0 Å². The standard InChI is InChI=1S/C20H19N3O3S/c24-18(21-10-4-5-11-21)14-23-19(25)17(27-20(23)26)13-16-9-6-12-22(16)15-7-2-1-3-8-15/h1-3,6-9,12-13H,4-5,10-11,14H2. The van der Waals surface area contributed by atoms with Gasteiger partial charge >= 0.3 is 0 Å². The van der Waals surface area contributed by atoms with Crippen molar-refractivity contribution in [2.24, 2.45) is 0 Å². The fourth-order valence-electron chi connectivity index (χ4n) is 3.31. The van der Waals surface area contributed by atoms with Gasteiger partial charge in [0.2, 0.25) is 5.91 Å². The summed E-state index contributed by atoms with van der Waals surface area (Å²) in [7, 11) is 0. The zero-order valence-corrected chi connectivity index (χ0v) is 15.5. The first-order valence-electron chi connectivity index (χ1n) is 8.89. The SMILES string of the molecule is O=C(CN1C(=O)SC(=Cc2cccn2-c2ccccc2)C1=O)N1CCCC1. The number of hydrogen-bond acceptors (Lipinski definition) is 4. The molecule has 3 heterocycles. The van der Waals surface area contributed by atoms with Gasteiger partial charge in [-0.1, -0.05) is 18.2 Å². The average Bonchev–Trinajstić information content (AvgIpc) is 3.41. The molecular formula is C20H19N3O3S. The minimum atomic E-state index is -0.404. The number of likely N-dealkylation sites (tertiary alicyclic amines) is 1. The van der Waals surface area contributed by atoms with Crippen LogP contribution in [0.1, 0.15) is 18.5 Å². The molecule has 7 heteroatoms. The molecule has 27 heavy (non-hydrogen) atoms. The lowest BCUT2D eigenvalue weighted by Gasteiger charge is -2.18. The maximum atomic E-state index is 12.7. The summed E-state index contributed by atoms with van der Waals surface area (Å²) in [5.41, 5.74) is 1.77. The van der Waals surface area contributed by atoms with Crippen molar-refractivity contribution in [2.45, 2.75) is 12.8 Å². The maximum absolute atomic E-state index is 12.7. The summed E-state index contributed by atoms with van der Waals surface area (Å²) in [6.07, 6.45) is 5.56. The molecule has 6 nitrogen and oxygen atoms in total. The average molecular weight is 381 g/mol. The molecule has 0 radical (unpaired) electrons. The van der Waals surface area contributed by atoms with Gasteiger partial charge in [-0.15, -0.1) is 0 Å². The summed E-state index contributed by atoms with van der Waals surface area (Å²) in [6.45, 7) is 1.23. The van der Waals surface area contributed by atoms with Crippen LogP contribution in [0.25, 0.3) is 11.8 Å². The second-order valence-electron chi connectivity index (χ2n) is 6.49. The first-order valence-corrected chi connectivity index (χ1v) is 9.71. The Morgan fingerprint density at radius 3 is 2.52 bits per heavy atom. The van der Waals surface area contributed by atoms with Gasteiger partial charge in [0.25, 0.3) is 11.1 Å². The third kappa shape index (κ3) is 3.55. The quantitative estimate of drug-likeness (QED) is 0.764. The number of benzene rings is 1. The Hall–Kier alpha value is -2.80. The minimum Gasteiger partial charge on any atom is -0.341 e. The van der Waals surface area contributed by atoms with Gasteiger partial charge in [0.1, 0.15) is 6.54 Å². The van der Waals surface area contributed by atoms with E-state index in [1.807, 2.05) is 53.2 Å². The van der Waals surface area contributed by atoms with Gasteiger partial charge in [0.15, 0.2) is 0 Å². The van der Waals surface area contributed by atoms with Crippen LogP contribution < -0.4 is 0 Å². The highest BCUT2D eigenvalue weighted by Crippen LogP contribution is 2.32. The summed E-state index contributed by atoms with van der Waals surface area (Å²) < 4.78 is 1.95. The van der Waals surface area contributed by atoms with Crippen molar-refractivity contribution in [2.75, 3.05) is 19.6 Å². The number of thioether (sulfide) groups is 1. The van der Waals surface area contributed by atoms with Crippen molar-refractivity contribution < 1.29 is 14.4 Å². The molecule has 0 aliphatic carbocycles. The maximum Gasteiger partial charge on any atom is 0.294 e. The van der Waals surface area contributed by atoms with E-state index in [0.29, 0.717) is 18.0 Å². The van der Waals surface area contributed by atoms with E-state index < -0.39 is 11.1 Å². The number of aromatic nitrogens is 1. The lowest BCUT2D eigenvalue weighted by molar-refractivity contribution is -0.135. The third-order valence-electron chi connectivity index (χ3n) is 4.72. The predicted molar refractivity (Wildman–Crippen MR) is 104 cm³/mol. The zero-order valence-electron chi connectivity index (χ0n) is 14.7. The first kappa shape index (κ1) is 17.6. The summed E-state index contributed by atoms with van der Waals surface area (Å²) in [5, 5.41) is -0.392. The number of amides is 3. The van der Waals surface area contributed by atoms with E-state index in [9.17, 15) is 14.4 Å². The lowest BCUT2D eigenvalue weighted by Crippen LogP contribution is -2.40. The molecule has 0 bridgehead atoms. The summed E-state index contributed by atoms with van der Waals surface area (Å²) in [6, 6.07) is 13.5. The number of imide groups is 1. The van der Waals surface area contributed by atoms with Crippen LogP contribution in [0, 0.1) is 0 Å². The van der Waals surface area contributed by atoms with Crippen molar-refractivity contribution in [1.82, 2.24) is 14.4 Å². The molecule has 3 amide bonds. The Labute approximate surface area is 161 Å². The molecule has 1 aromatic carbocycles. The fourth-order valence-corrected chi connectivity index (χ4v) is 4.13. The smallest absolute Gasteiger partial charge is 0.294 e. The first-order chi connectivity index (χ1) is 13.1. The molecule has 2 aliphatic rings. The van der Waals surface area contributed by atoms with Crippen LogP contribution >= 0.6 is 11.8 Å². The molecule has 1 aromatic heterocycles. The van der Waals surface area contributed by atoms with Gasteiger partial charge in [0, 0.05) is 30.7 Å². The fraction of sp³-hybridized carbons (Fsp3) is 0.250. The van der Waals surface area contributed by atoms with E-state index in [2.05, 4.69) is 0 Å². The van der Waals surface area contributed by atoms with Gasteiger partial charge in [-0.05, 0) is 54.9 Å². The molecule has 4 rings (SSSR count). The van der Waals surface area contributed by atoms with Crippen LogP contribution in [-0.4, -0.2) is 51.1 Å². The number of hydrogen-bond donors (Lipinski definition) is 0. The Kier molecular flexibility index (Phi) is 4.85.